The lowest BCUT2D eigenvalue weighted by Gasteiger charge is -2.13. The lowest BCUT2D eigenvalue weighted by Crippen LogP contribution is -2.16. The van der Waals surface area contributed by atoms with E-state index in [-0.39, 0.29) is 0 Å². The predicted octanol–water partition coefficient (Wildman–Crippen LogP) is 3.65. The van der Waals surface area contributed by atoms with Crippen molar-refractivity contribution >= 4 is 35.7 Å². The number of anilines is 3. The molecule has 3 rings (SSSR count). The van der Waals surface area contributed by atoms with E-state index >= 15 is 0 Å². The quantitative estimate of drug-likeness (QED) is 0.480. The molecule has 0 aliphatic rings. The van der Waals surface area contributed by atoms with Crippen LogP contribution in [0.5, 0.6) is 0 Å². The first-order valence-electron chi connectivity index (χ1n) is 8.36. The molecule has 0 atom stereocenters. The maximum Gasteiger partial charge on any atom is 0.250 e. The summed E-state index contributed by atoms with van der Waals surface area (Å²) >= 11 is 5.88. The molecule has 0 saturated carbocycles. The Morgan fingerprint density at radius 1 is 0.963 bits per heavy atom. The molecule has 2 aromatic carbocycles. The van der Waals surface area contributed by atoms with Crippen LogP contribution in [0.3, 0.4) is 0 Å². The number of nitrogens with zero attached hydrogens (tertiary/aromatic N) is 5. The van der Waals surface area contributed by atoms with E-state index in [1.54, 1.807) is 6.21 Å². The molecule has 1 aromatic heterocycles. The van der Waals surface area contributed by atoms with E-state index in [9.17, 15) is 0 Å². The molecule has 2 N–H and O–H groups in total. The minimum atomic E-state index is 0.356. The highest BCUT2D eigenvalue weighted by molar-refractivity contribution is 6.30. The summed E-state index contributed by atoms with van der Waals surface area (Å²) in [4.78, 5) is 14.9. The number of hydrogen-bond acceptors (Lipinski definition) is 7. The molecule has 3 aromatic rings. The molecular formula is C19H20ClN7. The number of benzene rings is 2. The van der Waals surface area contributed by atoms with E-state index in [2.05, 4.69) is 30.8 Å². The number of rotatable bonds is 7. The Morgan fingerprint density at radius 3 is 2.37 bits per heavy atom. The normalized spacial score (nSPS) is 10.8. The van der Waals surface area contributed by atoms with Crippen molar-refractivity contribution in [1.29, 1.82) is 0 Å². The predicted molar refractivity (Wildman–Crippen MR) is 111 cm³/mol. The van der Waals surface area contributed by atoms with Crippen molar-refractivity contribution in [3.05, 3.63) is 70.7 Å². The van der Waals surface area contributed by atoms with Gasteiger partial charge in [-0.3, -0.25) is 0 Å². The molecule has 138 valence electrons. The molecule has 0 bridgehead atoms. The minimum absolute atomic E-state index is 0.356. The Kier molecular flexibility index (Phi) is 6.17. The van der Waals surface area contributed by atoms with E-state index in [1.807, 2.05) is 73.6 Å². The van der Waals surface area contributed by atoms with Crippen LogP contribution < -0.4 is 15.6 Å². The van der Waals surface area contributed by atoms with Gasteiger partial charge in [0.15, 0.2) is 0 Å². The van der Waals surface area contributed by atoms with Crippen molar-refractivity contribution in [2.45, 2.75) is 6.54 Å². The van der Waals surface area contributed by atoms with Crippen molar-refractivity contribution in [2.75, 3.05) is 29.7 Å². The molecule has 0 radical (unpaired) electrons. The Morgan fingerprint density at radius 2 is 1.67 bits per heavy atom. The summed E-state index contributed by atoms with van der Waals surface area (Å²) in [5.74, 6) is 1.36. The van der Waals surface area contributed by atoms with Gasteiger partial charge in [0.05, 0.1) is 6.21 Å². The van der Waals surface area contributed by atoms with E-state index in [0.29, 0.717) is 29.4 Å². The third kappa shape index (κ3) is 5.65. The highest BCUT2D eigenvalue weighted by Crippen LogP contribution is 2.13. The molecule has 0 fully saturated rings. The van der Waals surface area contributed by atoms with Gasteiger partial charge in [-0.2, -0.15) is 20.1 Å². The average Bonchev–Trinajstić information content (AvgIpc) is 2.68. The monoisotopic (exact) mass is 381 g/mol. The summed E-state index contributed by atoms with van der Waals surface area (Å²) in [5, 5.41) is 8.08. The van der Waals surface area contributed by atoms with Gasteiger partial charge < -0.3 is 10.2 Å². The first-order chi connectivity index (χ1) is 13.1. The molecule has 7 nitrogen and oxygen atoms in total. The molecule has 0 unspecified atom stereocenters. The van der Waals surface area contributed by atoms with Crippen molar-refractivity contribution in [1.82, 2.24) is 15.0 Å². The van der Waals surface area contributed by atoms with Gasteiger partial charge in [-0.05, 0) is 23.3 Å². The number of nitrogens with one attached hydrogen (secondary N) is 2. The van der Waals surface area contributed by atoms with Gasteiger partial charge in [0.2, 0.25) is 17.8 Å². The zero-order valence-corrected chi connectivity index (χ0v) is 15.9. The van der Waals surface area contributed by atoms with Crippen LogP contribution in [0.25, 0.3) is 0 Å². The van der Waals surface area contributed by atoms with Crippen LogP contribution >= 0.6 is 11.6 Å². The van der Waals surface area contributed by atoms with Gasteiger partial charge >= 0.3 is 0 Å². The molecular weight excluding hydrogens is 362 g/mol. The molecule has 0 spiro atoms. The van der Waals surface area contributed by atoms with Crippen molar-refractivity contribution in [3.8, 4) is 0 Å². The zero-order chi connectivity index (χ0) is 19.1. The van der Waals surface area contributed by atoms with Crippen molar-refractivity contribution < 1.29 is 0 Å². The van der Waals surface area contributed by atoms with Crippen molar-refractivity contribution in [3.63, 3.8) is 0 Å². The van der Waals surface area contributed by atoms with Gasteiger partial charge in [-0.25, -0.2) is 5.43 Å². The SMILES string of the molecule is CN(C)c1nc(NCc2ccccc2)nc(N/N=C\c2ccc(Cl)cc2)n1. The summed E-state index contributed by atoms with van der Waals surface area (Å²) in [5.41, 5.74) is 4.90. The standard InChI is InChI=1S/C19H20ClN7/c1-27(2)19-24-17(21-12-14-6-4-3-5-7-14)23-18(25-19)26-22-13-15-8-10-16(20)11-9-15/h3-11,13H,12H2,1-2H3,(H2,21,23,24,25,26)/b22-13-. The fourth-order valence-corrected chi connectivity index (χ4v) is 2.31. The first-order valence-corrected chi connectivity index (χ1v) is 8.74. The fraction of sp³-hybridized carbons (Fsp3) is 0.158. The molecule has 0 saturated heterocycles. The van der Waals surface area contributed by atoms with E-state index in [0.717, 1.165) is 11.1 Å². The lowest BCUT2D eigenvalue weighted by molar-refractivity contribution is 0.940. The number of hydrazone groups is 1. The maximum absolute atomic E-state index is 5.88. The average molecular weight is 382 g/mol. The number of aromatic nitrogens is 3. The molecule has 27 heavy (non-hydrogen) atoms. The van der Waals surface area contributed by atoms with Gasteiger partial charge in [0.1, 0.15) is 0 Å². The second-order valence-corrected chi connectivity index (χ2v) is 6.37. The smallest absolute Gasteiger partial charge is 0.250 e. The fourth-order valence-electron chi connectivity index (χ4n) is 2.18. The summed E-state index contributed by atoms with van der Waals surface area (Å²) in [6, 6.07) is 17.4. The van der Waals surface area contributed by atoms with E-state index < -0.39 is 0 Å². The van der Waals surface area contributed by atoms with Gasteiger partial charge in [-0.15, -0.1) is 0 Å². The van der Waals surface area contributed by atoms with E-state index in [4.69, 9.17) is 11.6 Å². The van der Waals surface area contributed by atoms with Crippen LogP contribution in [-0.2, 0) is 6.54 Å². The summed E-state index contributed by atoms with van der Waals surface area (Å²) < 4.78 is 0. The highest BCUT2D eigenvalue weighted by Gasteiger charge is 2.07. The lowest BCUT2D eigenvalue weighted by atomic mass is 10.2. The van der Waals surface area contributed by atoms with E-state index in [1.165, 1.54) is 0 Å². The molecule has 0 aliphatic carbocycles. The van der Waals surface area contributed by atoms with Crippen LogP contribution in [0.1, 0.15) is 11.1 Å². The molecule has 0 amide bonds. The van der Waals surface area contributed by atoms with Crippen molar-refractivity contribution in [2.24, 2.45) is 5.10 Å². The van der Waals surface area contributed by atoms with Crippen LogP contribution in [0.15, 0.2) is 59.7 Å². The number of halogens is 1. The molecule has 8 heteroatoms. The number of hydrogen-bond donors (Lipinski definition) is 2. The minimum Gasteiger partial charge on any atom is -0.350 e. The first kappa shape index (κ1) is 18.6. The van der Waals surface area contributed by atoms with Crippen LogP contribution in [-0.4, -0.2) is 35.3 Å². The van der Waals surface area contributed by atoms with Gasteiger partial charge in [0, 0.05) is 25.7 Å². The zero-order valence-electron chi connectivity index (χ0n) is 15.1. The second-order valence-electron chi connectivity index (χ2n) is 5.94. The second kappa shape index (κ2) is 8.95. The Bertz CT molecular complexity index is 896. The third-order valence-corrected chi connectivity index (χ3v) is 3.82. The van der Waals surface area contributed by atoms with Gasteiger partial charge in [0.25, 0.3) is 0 Å². The summed E-state index contributed by atoms with van der Waals surface area (Å²) in [7, 11) is 3.74. The van der Waals surface area contributed by atoms with Crippen LogP contribution in [0, 0.1) is 0 Å². The highest BCUT2D eigenvalue weighted by atomic mass is 35.5. The maximum atomic E-state index is 5.88. The Labute approximate surface area is 163 Å². The Hall–Kier alpha value is -3.19. The molecule has 1 heterocycles. The topological polar surface area (TPSA) is 78.3 Å². The summed E-state index contributed by atoms with van der Waals surface area (Å²) in [6.45, 7) is 0.616. The molecule has 0 aliphatic heterocycles. The van der Waals surface area contributed by atoms with Crippen LogP contribution in [0.2, 0.25) is 5.02 Å². The third-order valence-electron chi connectivity index (χ3n) is 3.57. The largest absolute Gasteiger partial charge is 0.350 e. The summed E-state index contributed by atoms with van der Waals surface area (Å²) in [6.07, 6.45) is 1.67. The van der Waals surface area contributed by atoms with Crippen LogP contribution in [0.4, 0.5) is 17.8 Å². The van der Waals surface area contributed by atoms with Gasteiger partial charge in [-0.1, -0.05) is 54.1 Å². The Balaban J connectivity index is 1.71.